The van der Waals surface area contributed by atoms with Crippen molar-refractivity contribution < 1.29 is 9.47 Å². The Morgan fingerprint density at radius 1 is 1.15 bits per heavy atom. The molecule has 33 heavy (non-hydrogen) atoms. The molecule has 0 radical (unpaired) electrons. The van der Waals surface area contributed by atoms with Gasteiger partial charge in [-0.25, -0.2) is 4.99 Å². The lowest BCUT2D eigenvalue weighted by Gasteiger charge is -2.15. The maximum atomic E-state index is 5.73. The van der Waals surface area contributed by atoms with E-state index in [0.29, 0.717) is 19.0 Å². The highest BCUT2D eigenvalue weighted by Gasteiger charge is 2.07. The summed E-state index contributed by atoms with van der Waals surface area (Å²) in [6.07, 6.45) is 2.61. The van der Waals surface area contributed by atoms with Crippen LogP contribution in [0.5, 0.6) is 11.5 Å². The lowest BCUT2D eigenvalue weighted by molar-refractivity contribution is 0.242. The van der Waals surface area contributed by atoms with Gasteiger partial charge in [0.25, 0.3) is 0 Å². The minimum absolute atomic E-state index is 0. The molecular weight excluding hydrogens is 531 g/mol. The van der Waals surface area contributed by atoms with E-state index in [4.69, 9.17) is 14.5 Å². The fourth-order valence-corrected chi connectivity index (χ4v) is 3.18. The van der Waals surface area contributed by atoms with Crippen LogP contribution in [0.3, 0.4) is 0 Å². The van der Waals surface area contributed by atoms with Crippen molar-refractivity contribution in [1.29, 1.82) is 0 Å². The molecule has 3 rings (SSSR count). The average Bonchev–Trinajstić information content (AvgIpc) is 3.17. The molecule has 1 heterocycles. The number of methoxy groups -OCH3 is 1. The molecule has 0 atom stereocenters. The van der Waals surface area contributed by atoms with Crippen molar-refractivity contribution in [2.24, 2.45) is 12.0 Å². The zero-order valence-electron chi connectivity index (χ0n) is 19.8. The Balaban J connectivity index is 0.00000385. The number of hydrogen-bond acceptors (Lipinski definition) is 5. The average molecular weight is 564 g/mol. The van der Waals surface area contributed by atoms with Gasteiger partial charge >= 0.3 is 0 Å². The molecular formula is C24H33IN6O2. The molecule has 0 unspecified atom stereocenters. The van der Waals surface area contributed by atoms with Gasteiger partial charge in [-0.3, -0.25) is 0 Å². The van der Waals surface area contributed by atoms with Crippen LogP contribution in [0.1, 0.15) is 30.8 Å². The van der Waals surface area contributed by atoms with Crippen LogP contribution in [0.15, 0.2) is 53.8 Å². The number of guanidine groups is 1. The van der Waals surface area contributed by atoms with Gasteiger partial charge in [-0.1, -0.05) is 17.7 Å². The van der Waals surface area contributed by atoms with Crippen LogP contribution in [-0.4, -0.2) is 40.5 Å². The Hall–Kier alpha value is -2.82. The van der Waals surface area contributed by atoms with Gasteiger partial charge in [0, 0.05) is 19.3 Å². The third kappa shape index (κ3) is 8.23. The molecule has 8 nitrogen and oxygen atoms in total. The van der Waals surface area contributed by atoms with Crippen molar-refractivity contribution in [3.8, 4) is 11.5 Å². The highest BCUT2D eigenvalue weighted by molar-refractivity contribution is 14.0. The molecule has 0 saturated carbocycles. The zero-order valence-corrected chi connectivity index (χ0v) is 22.2. The van der Waals surface area contributed by atoms with Crippen molar-refractivity contribution in [3.05, 3.63) is 65.7 Å². The standard InChI is InChI=1S/C24H32N6O2.HI/c1-17(2)32-21-9-7-20(8-10-21)28-24(26-15-23-29-27-16-30(23)4)25-13-12-19-14-18(3)6-11-22(19)31-5;/h6-11,14,16-17H,12-13,15H2,1-5H3,(H2,25,26,28);1H. The maximum absolute atomic E-state index is 5.73. The van der Waals surface area contributed by atoms with Gasteiger partial charge in [-0.2, -0.15) is 0 Å². The van der Waals surface area contributed by atoms with Crippen molar-refractivity contribution in [2.75, 3.05) is 19.0 Å². The number of benzene rings is 2. The molecule has 0 spiro atoms. The summed E-state index contributed by atoms with van der Waals surface area (Å²) in [5, 5.41) is 14.8. The first-order chi connectivity index (χ1) is 15.4. The van der Waals surface area contributed by atoms with Crippen molar-refractivity contribution in [1.82, 2.24) is 20.1 Å². The van der Waals surface area contributed by atoms with Gasteiger partial charge in [-0.05, 0) is 63.1 Å². The van der Waals surface area contributed by atoms with Crippen LogP contribution in [0.25, 0.3) is 0 Å². The van der Waals surface area contributed by atoms with E-state index in [9.17, 15) is 0 Å². The minimum Gasteiger partial charge on any atom is -0.496 e. The molecule has 0 saturated heterocycles. The van der Waals surface area contributed by atoms with Gasteiger partial charge in [0.2, 0.25) is 0 Å². The predicted molar refractivity (Wildman–Crippen MR) is 143 cm³/mol. The van der Waals surface area contributed by atoms with Crippen molar-refractivity contribution >= 4 is 35.6 Å². The molecule has 2 aromatic carbocycles. The fourth-order valence-electron chi connectivity index (χ4n) is 3.18. The lowest BCUT2D eigenvalue weighted by Crippen LogP contribution is -2.32. The van der Waals surface area contributed by atoms with E-state index in [1.165, 1.54) is 5.56 Å². The van der Waals surface area contributed by atoms with E-state index in [2.05, 4.69) is 39.9 Å². The number of anilines is 1. The van der Waals surface area contributed by atoms with E-state index >= 15 is 0 Å². The van der Waals surface area contributed by atoms with Gasteiger partial charge in [0.05, 0.1) is 13.2 Å². The molecule has 9 heteroatoms. The smallest absolute Gasteiger partial charge is 0.196 e. The Bertz CT molecular complexity index is 1030. The summed E-state index contributed by atoms with van der Waals surface area (Å²) >= 11 is 0. The van der Waals surface area contributed by atoms with Gasteiger partial charge in [-0.15, -0.1) is 34.2 Å². The first kappa shape index (κ1) is 26.4. The van der Waals surface area contributed by atoms with Crippen LogP contribution < -0.4 is 20.1 Å². The molecule has 0 aliphatic heterocycles. The number of nitrogens with zero attached hydrogens (tertiary/aromatic N) is 4. The van der Waals surface area contributed by atoms with Crippen molar-refractivity contribution in [2.45, 2.75) is 39.8 Å². The summed E-state index contributed by atoms with van der Waals surface area (Å²) in [5.41, 5.74) is 3.28. The molecule has 0 aliphatic rings. The highest BCUT2D eigenvalue weighted by atomic mass is 127. The third-order valence-corrected chi connectivity index (χ3v) is 4.80. The second-order valence-electron chi connectivity index (χ2n) is 7.83. The van der Waals surface area contributed by atoms with Crippen LogP contribution in [0, 0.1) is 6.92 Å². The number of rotatable bonds is 9. The Morgan fingerprint density at radius 2 is 1.91 bits per heavy atom. The summed E-state index contributed by atoms with van der Waals surface area (Å²) in [6, 6.07) is 14.0. The van der Waals surface area contributed by atoms with Gasteiger partial charge in [0.15, 0.2) is 11.8 Å². The molecule has 0 fully saturated rings. The first-order valence-electron chi connectivity index (χ1n) is 10.7. The number of ether oxygens (including phenoxy) is 2. The molecule has 2 N–H and O–H groups in total. The Morgan fingerprint density at radius 3 is 2.55 bits per heavy atom. The van der Waals surface area contributed by atoms with Crippen LogP contribution in [0.4, 0.5) is 5.69 Å². The Labute approximate surface area is 212 Å². The third-order valence-electron chi connectivity index (χ3n) is 4.80. The monoisotopic (exact) mass is 564 g/mol. The molecule has 3 aromatic rings. The highest BCUT2D eigenvalue weighted by Crippen LogP contribution is 2.20. The quantitative estimate of drug-likeness (QED) is 0.229. The molecule has 0 aliphatic carbocycles. The van der Waals surface area contributed by atoms with Crippen molar-refractivity contribution in [3.63, 3.8) is 0 Å². The lowest BCUT2D eigenvalue weighted by atomic mass is 10.1. The summed E-state index contributed by atoms with van der Waals surface area (Å²) in [4.78, 5) is 4.69. The van der Waals surface area contributed by atoms with E-state index in [0.717, 1.165) is 35.0 Å². The van der Waals surface area contributed by atoms with Crippen LogP contribution in [0.2, 0.25) is 0 Å². The minimum atomic E-state index is 0. The van der Waals surface area contributed by atoms with Gasteiger partial charge < -0.3 is 24.7 Å². The SMILES string of the molecule is COc1ccc(C)cc1CCNC(=NCc1nncn1C)Nc1ccc(OC(C)C)cc1.I. The number of aliphatic imine (C=N–C) groups is 1. The first-order valence-corrected chi connectivity index (χ1v) is 10.7. The van der Waals surface area contributed by atoms with Crippen LogP contribution >= 0.6 is 24.0 Å². The summed E-state index contributed by atoms with van der Waals surface area (Å²) in [7, 11) is 3.60. The number of aromatic nitrogens is 3. The largest absolute Gasteiger partial charge is 0.496 e. The second kappa shape index (κ2) is 13.0. The second-order valence-corrected chi connectivity index (χ2v) is 7.83. The number of halogens is 1. The predicted octanol–water partition coefficient (Wildman–Crippen LogP) is 4.34. The van der Waals surface area contributed by atoms with E-state index in [1.807, 2.05) is 55.8 Å². The Kier molecular flexibility index (Phi) is 10.4. The zero-order chi connectivity index (χ0) is 22.9. The molecule has 1 aromatic heterocycles. The van der Waals surface area contributed by atoms with E-state index < -0.39 is 0 Å². The van der Waals surface area contributed by atoms with E-state index in [1.54, 1.807) is 13.4 Å². The molecule has 0 amide bonds. The topological polar surface area (TPSA) is 85.6 Å². The number of hydrogen-bond donors (Lipinski definition) is 2. The summed E-state index contributed by atoms with van der Waals surface area (Å²) < 4.78 is 13.1. The number of aryl methyl sites for hydroxylation is 2. The van der Waals surface area contributed by atoms with Gasteiger partial charge in [0.1, 0.15) is 24.4 Å². The molecule has 0 bridgehead atoms. The number of nitrogens with one attached hydrogen (secondary N) is 2. The molecule has 178 valence electrons. The summed E-state index contributed by atoms with van der Waals surface area (Å²) in [5.74, 6) is 3.18. The summed E-state index contributed by atoms with van der Waals surface area (Å²) in [6.45, 7) is 7.21. The maximum Gasteiger partial charge on any atom is 0.196 e. The normalized spacial score (nSPS) is 11.2. The van der Waals surface area contributed by atoms with Crippen LogP contribution in [-0.2, 0) is 20.0 Å². The fraction of sp³-hybridized carbons (Fsp3) is 0.375. The van der Waals surface area contributed by atoms with E-state index in [-0.39, 0.29) is 30.1 Å².